The average Bonchev–Trinajstić information content (AvgIpc) is 2.53. The summed E-state index contributed by atoms with van der Waals surface area (Å²) < 4.78 is 11.6. The van der Waals surface area contributed by atoms with Crippen LogP contribution in [0.1, 0.15) is 45.6 Å². The molecule has 1 aromatic rings. The van der Waals surface area contributed by atoms with Gasteiger partial charge in [0.15, 0.2) is 0 Å². The Kier molecular flexibility index (Phi) is 7.54. The normalized spacial score (nSPS) is 26.4. The molecule has 1 aromatic carbocycles. The summed E-state index contributed by atoms with van der Waals surface area (Å²) in [4.78, 5) is 0. The summed E-state index contributed by atoms with van der Waals surface area (Å²) in [6.07, 6.45) is 3.38. The van der Waals surface area contributed by atoms with Crippen molar-refractivity contribution in [3.63, 3.8) is 0 Å². The first-order valence-corrected chi connectivity index (χ1v) is 8.97. The molecule has 0 spiro atoms. The Morgan fingerprint density at radius 2 is 1.87 bits per heavy atom. The first kappa shape index (κ1) is 18.4. The molecule has 0 amide bonds. The van der Waals surface area contributed by atoms with Crippen LogP contribution in [0.2, 0.25) is 0 Å². The number of aliphatic hydroxyl groups excluding tert-OH is 1. The first-order chi connectivity index (χ1) is 11.1. The van der Waals surface area contributed by atoms with Crippen molar-refractivity contribution in [3.05, 3.63) is 35.9 Å². The lowest BCUT2D eigenvalue weighted by Crippen LogP contribution is -2.36. The first-order valence-electron chi connectivity index (χ1n) is 8.97. The summed E-state index contributed by atoms with van der Waals surface area (Å²) in [5.74, 6) is 1.98. The van der Waals surface area contributed by atoms with Crippen LogP contribution < -0.4 is 0 Å². The molecule has 1 fully saturated rings. The number of aliphatic hydroxyl groups is 1. The van der Waals surface area contributed by atoms with Crippen molar-refractivity contribution in [1.82, 2.24) is 0 Å². The van der Waals surface area contributed by atoms with Gasteiger partial charge in [-0.15, -0.1) is 0 Å². The number of benzene rings is 1. The fourth-order valence-corrected chi connectivity index (χ4v) is 3.48. The van der Waals surface area contributed by atoms with E-state index in [0.717, 1.165) is 17.9 Å². The van der Waals surface area contributed by atoms with Crippen LogP contribution in [-0.4, -0.2) is 30.5 Å². The highest BCUT2D eigenvalue weighted by Gasteiger charge is 2.31. The van der Waals surface area contributed by atoms with Crippen LogP contribution in [0.25, 0.3) is 0 Å². The van der Waals surface area contributed by atoms with E-state index in [1.165, 1.54) is 12.8 Å². The zero-order valence-corrected chi connectivity index (χ0v) is 14.8. The van der Waals surface area contributed by atoms with Crippen molar-refractivity contribution >= 4 is 0 Å². The maximum atomic E-state index is 10.1. The topological polar surface area (TPSA) is 38.7 Å². The van der Waals surface area contributed by atoms with E-state index in [2.05, 4.69) is 20.8 Å². The summed E-state index contributed by atoms with van der Waals surface area (Å²) in [5.41, 5.74) is 1.13. The van der Waals surface area contributed by atoms with Gasteiger partial charge < -0.3 is 14.6 Å². The summed E-state index contributed by atoms with van der Waals surface area (Å²) in [5, 5.41) is 10.1. The summed E-state index contributed by atoms with van der Waals surface area (Å²) in [6.45, 7) is 8.07. The highest BCUT2D eigenvalue weighted by molar-refractivity contribution is 5.13. The molecule has 0 unspecified atom stereocenters. The van der Waals surface area contributed by atoms with Gasteiger partial charge in [-0.1, -0.05) is 57.5 Å². The van der Waals surface area contributed by atoms with Gasteiger partial charge in [0.25, 0.3) is 0 Å². The fraction of sp³-hybridized carbons (Fsp3) is 0.700. The molecule has 1 aliphatic carbocycles. The van der Waals surface area contributed by atoms with Gasteiger partial charge in [0.05, 0.1) is 25.9 Å². The Hall–Kier alpha value is -0.900. The van der Waals surface area contributed by atoms with Crippen molar-refractivity contribution in [1.29, 1.82) is 0 Å². The van der Waals surface area contributed by atoms with E-state index in [0.29, 0.717) is 31.7 Å². The fourth-order valence-electron chi connectivity index (χ4n) is 3.48. The molecule has 1 aliphatic rings. The Morgan fingerprint density at radius 3 is 2.57 bits per heavy atom. The number of rotatable bonds is 8. The molecular formula is C20H32O3. The molecular weight excluding hydrogens is 288 g/mol. The smallest absolute Gasteiger partial charge is 0.101 e. The second-order valence-corrected chi connectivity index (χ2v) is 7.35. The SMILES string of the molecule is CC(C)[C@@H]1CC[C@@H](C)C[C@H]1OC[C@@H](O)COCc1ccccc1. The standard InChI is InChI=1S/C20H32O3/c1-15(2)19-10-9-16(3)11-20(19)23-14-18(21)13-22-12-17-7-5-4-6-8-17/h4-8,15-16,18-21H,9-14H2,1-3H3/t16-,18+,19+,20-/m1/s1. The lowest BCUT2D eigenvalue weighted by Gasteiger charge is -2.37. The molecule has 3 nitrogen and oxygen atoms in total. The van der Waals surface area contributed by atoms with Gasteiger partial charge in [-0.25, -0.2) is 0 Å². The number of hydrogen-bond acceptors (Lipinski definition) is 3. The summed E-state index contributed by atoms with van der Waals surface area (Å²) >= 11 is 0. The second-order valence-electron chi connectivity index (χ2n) is 7.35. The quantitative estimate of drug-likeness (QED) is 0.785. The maximum Gasteiger partial charge on any atom is 0.101 e. The molecule has 1 N–H and O–H groups in total. The zero-order chi connectivity index (χ0) is 16.7. The van der Waals surface area contributed by atoms with E-state index in [-0.39, 0.29) is 6.10 Å². The highest BCUT2D eigenvalue weighted by atomic mass is 16.5. The molecule has 0 aromatic heterocycles. The monoisotopic (exact) mass is 320 g/mol. The number of ether oxygens (including phenoxy) is 2. The minimum absolute atomic E-state index is 0.280. The molecule has 0 saturated heterocycles. The molecule has 1 saturated carbocycles. The lowest BCUT2D eigenvalue weighted by atomic mass is 9.75. The van der Waals surface area contributed by atoms with E-state index in [4.69, 9.17) is 9.47 Å². The molecule has 3 heteroatoms. The summed E-state index contributed by atoms with van der Waals surface area (Å²) in [6, 6.07) is 10.0. The molecule has 130 valence electrons. The Bertz CT molecular complexity index is 432. The summed E-state index contributed by atoms with van der Waals surface area (Å²) in [7, 11) is 0. The number of hydrogen-bond donors (Lipinski definition) is 1. The van der Waals surface area contributed by atoms with Crippen LogP contribution in [-0.2, 0) is 16.1 Å². The van der Waals surface area contributed by atoms with Gasteiger partial charge in [0.2, 0.25) is 0 Å². The molecule has 23 heavy (non-hydrogen) atoms. The minimum atomic E-state index is -0.552. The van der Waals surface area contributed by atoms with Gasteiger partial charge in [-0.05, 0) is 36.2 Å². The van der Waals surface area contributed by atoms with E-state index < -0.39 is 6.10 Å². The van der Waals surface area contributed by atoms with Crippen LogP contribution in [0.5, 0.6) is 0 Å². The third-order valence-corrected chi connectivity index (χ3v) is 4.89. The maximum absolute atomic E-state index is 10.1. The van der Waals surface area contributed by atoms with Crippen LogP contribution in [0.4, 0.5) is 0 Å². The van der Waals surface area contributed by atoms with Crippen molar-refractivity contribution in [3.8, 4) is 0 Å². The van der Waals surface area contributed by atoms with E-state index >= 15 is 0 Å². The van der Waals surface area contributed by atoms with Crippen molar-refractivity contribution < 1.29 is 14.6 Å². The van der Waals surface area contributed by atoms with Gasteiger partial charge in [-0.2, -0.15) is 0 Å². The predicted molar refractivity (Wildman–Crippen MR) is 93.2 cm³/mol. The van der Waals surface area contributed by atoms with Crippen LogP contribution in [0.3, 0.4) is 0 Å². The minimum Gasteiger partial charge on any atom is -0.388 e. The predicted octanol–water partition coefficient (Wildman–Crippen LogP) is 4.04. The van der Waals surface area contributed by atoms with Crippen molar-refractivity contribution in [2.45, 2.75) is 58.8 Å². The van der Waals surface area contributed by atoms with Crippen LogP contribution in [0.15, 0.2) is 30.3 Å². The van der Waals surface area contributed by atoms with Gasteiger partial charge >= 0.3 is 0 Å². The molecule has 4 atom stereocenters. The van der Waals surface area contributed by atoms with E-state index in [1.807, 2.05) is 30.3 Å². The van der Waals surface area contributed by atoms with Crippen molar-refractivity contribution in [2.24, 2.45) is 17.8 Å². The molecule has 0 radical (unpaired) electrons. The van der Waals surface area contributed by atoms with Crippen LogP contribution >= 0.6 is 0 Å². The van der Waals surface area contributed by atoms with Gasteiger partial charge in [0.1, 0.15) is 6.10 Å². The largest absolute Gasteiger partial charge is 0.388 e. The van der Waals surface area contributed by atoms with E-state index in [9.17, 15) is 5.11 Å². The third-order valence-electron chi connectivity index (χ3n) is 4.89. The van der Waals surface area contributed by atoms with Crippen molar-refractivity contribution in [2.75, 3.05) is 13.2 Å². The second kappa shape index (κ2) is 9.41. The van der Waals surface area contributed by atoms with Gasteiger partial charge in [0, 0.05) is 0 Å². The Labute approximate surface area is 141 Å². The van der Waals surface area contributed by atoms with E-state index in [1.54, 1.807) is 0 Å². The molecule has 0 bridgehead atoms. The molecule has 0 aliphatic heterocycles. The Balaban J connectivity index is 1.69. The molecule has 0 heterocycles. The van der Waals surface area contributed by atoms with Crippen LogP contribution in [0, 0.1) is 17.8 Å². The Morgan fingerprint density at radius 1 is 1.13 bits per heavy atom. The molecule has 2 rings (SSSR count). The van der Waals surface area contributed by atoms with Gasteiger partial charge in [-0.3, -0.25) is 0 Å². The highest BCUT2D eigenvalue weighted by Crippen LogP contribution is 2.35. The zero-order valence-electron chi connectivity index (χ0n) is 14.8. The lowest BCUT2D eigenvalue weighted by molar-refractivity contribution is -0.0860. The average molecular weight is 320 g/mol. The third kappa shape index (κ3) is 6.25.